The molecule has 0 aliphatic carbocycles. The molecular weight excluding hydrogens is 262 g/mol. The first-order valence-corrected chi connectivity index (χ1v) is 6.17. The van der Waals surface area contributed by atoms with E-state index in [-0.39, 0.29) is 5.91 Å². The first kappa shape index (κ1) is 11.7. The molecule has 0 fully saturated rings. The Labute approximate surface area is 97.1 Å². The molecular formula is C10H14BrNOS. The Kier molecular flexibility index (Phi) is 4.13. The standard InChI is InChI=1S/C10H14BrNOS/c1-7(2)5-12(3)10(13)8-4-9(11)14-6-8/h4,6-7H,5H2,1-3H3. The zero-order valence-electron chi connectivity index (χ0n) is 8.58. The van der Waals surface area contributed by atoms with Crippen LogP contribution in [0.2, 0.25) is 0 Å². The van der Waals surface area contributed by atoms with Gasteiger partial charge in [0.05, 0.1) is 9.35 Å². The molecule has 0 radical (unpaired) electrons. The molecule has 1 aromatic rings. The number of nitrogens with zero attached hydrogens (tertiary/aromatic N) is 1. The van der Waals surface area contributed by atoms with E-state index in [0.717, 1.165) is 15.9 Å². The highest BCUT2D eigenvalue weighted by Gasteiger charge is 2.13. The lowest BCUT2D eigenvalue weighted by atomic mass is 10.2. The number of amides is 1. The van der Waals surface area contributed by atoms with Crippen LogP contribution in [0.4, 0.5) is 0 Å². The van der Waals surface area contributed by atoms with Crippen molar-refractivity contribution in [1.82, 2.24) is 4.90 Å². The zero-order chi connectivity index (χ0) is 10.7. The maximum Gasteiger partial charge on any atom is 0.254 e. The lowest BCUT2D eigenvalue weighted by molar-refractivity contribution is 0.0779. The van der Waals surface area contributed by atoms with Crippen LogP contribution in [0.15, 0.2) is 15.2 Å². The second kappa shape index (κ2) is 4.94. The summed E-state index contributed by atoms with van der Waals surface area (Å²) in [7, 11) is 1.84. The maximum absolute atomic E-state index is 11.8. The van der Waals surface area contributed by atoms with Crippen molar-refractivity contribution >= 4 is 33.2 Å². The molecule has 2 nitrogen and oxygen atoms in total. The molecule has 0 aliphatic heterocycles. The lowest BCUT2D eigenvalue weighted by Crippen LogP contribution is -2.29. The molecule has 14 heavy (non-hydrogen) atoms. The average Bonchev–Trinajstić information content (AvgIpc) is 2.49. The van der Waals surface area contributed by atoms with Gasteiger partial charge in [0.1, 0.15) is 0 Å². The Morgan fingerprint density at radius 1 is 1.64 bits per heavy atom. The van der Waals surface area contributed by atoms with Gasteiger partial charge in [-0.3, -0.25) is 4.79 Å². The van der Waals surface area contributed by atoms with Gasteiger partial charge in [-0.1, -0.05) is 13.8 Å². The van der Waals surface area contributed by atoms with Gasteiger partial charge in [-0.25, -0.2) is 0 Å². The Balaban J connectivity index is 2.65. The third-order valence-electron chi connectivity index (χ3n) is 1.80. The summed E-state index contributed by atoms with van der Waals surface area (Å²) in [6.07, 6.45) is 0. The van der Waals surface area contributed by atoms with E-state index in [1.165, 1.54) is 11.3 Å². The molecule has 1 aromatic heterocycles. The minimum absolute atomic E-state index is 0.0978. The van der Waals surface area contributed by atoms with Crippen molar-refractivity contribution < 1.29 is 4.79 Å². The Bertz CT molecular complexity index is 322. The van der Waals surface area contributed by atoms with Crippen LogP contribution in [0.5, 0.6) is 0 Å². The first-order valence-electron chi connectivity index (χ1n) is 4.50. The normalized spacial score (nSPS) is 10.6. The highest BCUT2D eigenvalue weighted by atomic mass is 79.9. The number of rotatable bonds is 3. The predicted molar refractivity (Wildman–Crippen MR) is 63.8 cm³/mol. The summed E-state index contributed by atoms with van der Waals surface area (Å²) in [6.45, 7) is 5.01. The summed E-state index contributed by atoms with van der Waals surface area (Å²) < 4.78 is 0.999. The molecule has 0 aliphatic rings. The fraction of sp³-hybridized carbons (Fsp3) is 0.500. The van der Waals surface area contributed by atoms with Crippen LogP contribution in [-0.2, 0) is 0 Å². The quantitative estimate of drug-likeness (QED) is 0.830. The minimum Gasteiger partial charge on any atom is -0.341 e. The van der Waals surface area contributed by atoms with Gasteiger partial charge in [0.15, 0.2) is 0 Å². The fourth-order valence-electron chi connectivity index (χ4n) is 1.27. The molecule has 0 aromatic carbocycles. The molecule has 1 rings (SSSR count). The van der Waals surface area contributed by atoms with E-state index in [0.29, 0.717) is 5.92 Å². The number of hydrogen-bond donors (Lipinski definition) is 0. The molecule has 0 unspecified atom stereocenters. The van der Waals surface area contributed by atoms with Crippen LogP contribution < -0.4 is 0 Å². The van der Waals surface area contributed by atoms with Gasteiger partial charge in [-0.2, -0.15) is 0 Å². The highest BCUT2D eigenvalue weighted by Crippen LogP contribution is 2.21. The van der Waals surface area contributed by atoms with Crippen LogP contribution >= 0.6 is 27.3 Å². The second-order valence-electron chi connectivity index (χ2n) is 3.72. The molecule has 0 spiro atoms. The third kappa shape index (κ3) is 3.10. The minimum atomic E-state index is 0.0978. The number of halogens is 1. The topological polar surface area (TPSA) is 20.3 Å². The molecule has 0 saturated carbocycles. The van der Waals surface area contributed by atoms with E-state index in [2.05, 4.69) is 29.8 Å². The summed E-state index contributed by atoms with van der Waals surface area (Å²) in [5.41, 5.74) is 0.769. The number of carbonyl (C=O) groups excluding carboxylic acids is 1. The lowest BCUT2D eigenvalue weighted by Gasteiger charge is -2.18. The van der Waals surface area contributed by atoms with Gasteiger partial charge in [0, 0.05) is 19.0 Å². The van der Waals surface area contributed by atoms with Gasteiger partial charge in [-0.05, 0) is 27.9 Å². The van der Waals surface area contributed by atoms with Crippen molar-refractivity contribution in [2.75, 3.05) is 13.6 Å². The zero-order valence-corrected chi connectivity index (χ0v) is 11.0. The van der Waals surface area contributed by atoms with E-state index in [4.69, 9.17) is 0 Å². The van der Waals surface area contributed by atoms with E-state index in [1.54, 1.807) is 4.90 Å². The van der Waals surface area contributed by atoms with Gasteiger partial charge in [0.2, 0.25) is 0 Å². The third-order valence-corrected chi connectivity index (χ3v) is 3.30. The largest absolute Gasteiger partial charge is 0.341 e. The van der Waals surface area contributed by atoms with Crippen molar-refractivity contribution in [3.63, 3.8) is 0 Å². The Morgan fingerprint density at radius 2 is 2.29 bits per heavy atom. The SMILES string of the molecule is CC(C)CN(C)C(=O)c1csc(Br)c1. The molecule has 78 valence electrons. The van der Waals surface area contributed by atoms with E-state index >= 15 is 0 Å². The van der Waals surface area contributed by atoms with Crippen LogP contribution in [-0.4, -0.2) is 24.4 Å². The van der Waals surface area contributed by atoms with Gasteiger partial charge in [-0.15, -0.1) is 11.3 Å². The predicted octanol–water partition coefficient (Wildman–Crippen LogP) is 3.24. The van der Waals surface area contributed by atoms with Gasteiger partial charge in [0.25, 0.3) is 5.91 Å². The number of carbonyl (C=O) groups is 1. The molecule has 4 heteroatoms. The Morgan fingerprint density at radius 3 is 2.71 bits per heavy atom. The summed E-state index contributed by atoms with van der Waals surface area (Å²) in [5.74, 6) is 0.603. The van der Waals surface area contributed by atoms with Crippen LogP contribution in [0.25, 0.3) is 0 Å². The summed E-state index contributed by atoms with van der Waals surface area (Å²) in [5, 5.41) is 1.88. The van der Waals surface area contributed by atoms with E-state index < -0.39 is 0 Å². The smallest absolute Gasteiger partial charge is 0.254 e. The average molecular weight is 276 g/mol. The number of thiophene rings is 1. The molecule has 1 amide bonds. The highest BCUT2D eigenvalue weighted by molar-refractivity contribution is 9.11. The molecule has 1 heterocycles. The number of hydrogen-bond acceptors (Lipinski definition) is 2. The van der Waals surface area contributed by atoms with Crippen molar-refractivity contribution in [3.05, 3.63) is 20.8 Å². The van der Waals surface area contributed by atoms with Crippen molar-refractivity contribution in [3.8, 4) is 0 Å². The Hall–Kier alpha value is -0.350. The van der Waals surface area contributed by atoms with Crippen molar-refractivity contribution in [2.45, 2.75) is 13.8 Å². The van der Waals surface area contributed by atoms with E-state index in [9.17, 15) is 4.79 Å². The second-order valence-corrected chi connectivity index (χ2v) is 6.01. The van der Waals surface area contributed by atoms with E-state index in [1.807, 2.05) is 18.5 Å². The van der Waals surface area contributed by atoms with Crippen LogP contribution in [0.1, 0.15) is 24.2 Å². The van der Waals surface area contributed by atoms with Crippen molar-refractivity contribution in [2.24, 2.45) is 5.92 Å². The molecule has 0 bridgehead atoms. The molecule has 0 N–H and O–H groups in total. The summed E-state index contributed by atoms with van der Waals surface area (Å²) in [6, 6.07) is 1.86. The van der Waals surface area contributed by atoms with Crippen LogP contribution in [0.3, 0.4) is 0 Å². The van der Waals surface area contributed by atoms with Gasteiger partial charge < -0.3 is 4.90 Å². The van der Waals surface area contributed by atoms with Crippen LogP contribution in [0, 0.1) is 5.92 Å². The molecule has 0 saturated heterocycles. The monoisotopic (exact) mass is 275 g/mol. The molecule has 0 atom stereocenters. The van der Waals surface area contributed by atoms with Crippen molar-refractivity contribution in [1.29, 1.82) is 0 Å². The maximum atomic E-state index is 11.8. The summed E-state index contributed by atoms with van der Waals surface area (Å²) >= 11 is 4.89. The fourth-order valence-corrected chi connectivity index (χ4v) is 2.40. The first-order chi connectivity index (χ1) is 6.50. The summed E-state index contributed by atoms with van der Waals surface area (Å²) in [4.78, 5) is 13.6. The van der Waals surface area contributed by atoms with Gasteiger partial charge >= 0.3 is 0 Å².